The van der Waals surface area contributed by atoms with Gasteiger partial charge in [0.05, 0.1) is 11.1 Å². The average molecular weight is 1240 g/mol. The van der Waals surface area contributed by atoms with E-state index in [2.05, 4.69) is 298 Å². The van der Waals surface area contributed by atoms with E-state index < -0.39 is 5.41 Å². The Morgan fingerprint density at radius 2 is 1.38 bits per heavy atom. The lowest BCUT2D eigenvalue weighted by Crippen LogP contribution is -2.62. The monoisotopic (exact) mass is 1240 g/mol. The lowest BCUT2D eigenvalue weighted by molar-refractivity contribution is 0.333. The van der Waals surface area contributed by atoms with Crippen molar-refractivity contribution >= 4 is 68.4 Å². The van der Waals surface area contributed by atoms with E-state index in [0.29, 0.717) is 17.8 Å². The zero-order valence-electron chi connectivity index (χ0n) is 56.2. The van der Waals surface area contributed by atoms with Gasteiger partial charge < -0.3 is 14.7 Å². The van der Waals surface area contributed by atoms with E-state index in [-0.39, 0.29) is 23.5 Å². The zero-order chi connectivity index (χ0) is 64.3. The Morgan fingerprint density at radius 1 is 0.667 bits per heavy atom. The lowest BCUT2D eigenvalue weighted by Gasteiger charge is -2.47. The van der Waals surface area contributed by atoms with Crippen molar-refractivity contribution < 1.29 is 0 Å². The van der Waals surface area contributed by atoms with Crippen LogP contribution in [-0.4, -0.2) is 6.71 Å². The summed E-state index contributed by atoms with van der Waals surface area (Å²) in [6, 6.07) is 56.0. The Labute approximate surface area is 568 Å². The molecule has 2 heterocycles. The molecule has 2 spiro atoms. The third-order valence-corrected chi connectivity index (χ3v) is 25.0. The van der Waals surface area contributed by atoms with Crippen molar-refractivity contribution in [3.05, 3.63) is 339 Å². The standard InChI is InChI=1S/C92H82BN3/c1-7-10-39-63-58(4)91(72-47-28-21-40-64(63)72)75-50-31-25-44-68(75)85-77(91)52-54-79-88(85)95(60-35-17-13-18-36-60)82-56-62(94(59-33-15-11-12-16-34-59)81(9-3)84-67-43-24-27-46-71(67)90(5,6)70(84)8-2)57-83-87(82)93(79)80-55-53-78-86(89(80)96(83)61-37-19-14-20-38-61)69-45-26-32-51-76(69)92(78)73-48-29-22-41-65(73)66-42-23-30-49-74(66)92/h8-9,11-15,17,19-24,26-29,31-35,37-38,40-43,45-48,50-58,63,67,71H,3,7,10,16,18,25,30,36,39,44,49H2,1-2,4-6H3/b70-8+,84-81?. The molecular weight excluding hydrogens is 1160 g/mol. The van der Waals surface area contributed by atoms with Crippen LogP contribution in [0.3, 0.4) is 0 Å². The molecule has 2 aliphatic heterocycles. The predicted octanol–water partition coefficient (Wildman–Crippen LogP) is 21.4. The average Bonchev–Trinajstić information content (AvgIpc) is 1.45. The quantitative estimate of drug-likeness (QED) is 0.133. The highest BCUT2D eigenvalue weighted by Gasteiger charge is 2.60. The molecule has 96 heavy (non-hydrogen) atoms. The summed E-state index contributed by atoms with van der Waals surface area (Å²) < 4.78 is 0. The third kappa shape index (κ3) is 7.51. The molecule has 0 aromatic heterocycles. The number of benzene rings is 7. The summed E-state index contributed by atoms with van der Waals surface area (Å²) >= 11 is 0. The minimum absolute atomic E-state index is 0.124. The molecule has 4 heteroatoms. The SMILES string of the molecule is C=CC(=C1/C(=C\C)C(C)(C)C2C=CC=CC12)N(C1=CCC=CC=C1)c1cc2c3c(c1)N(c1ccccc1)c1c(ccc4c1-c1ccccc1C41C4=C(C=CCC4)c4ccccc41)B3c1ccc3c(c1N2C1=CC=CCC1)C1=C(C=CCC1)C31c2ccccc2C(CCCC)C1C. The summed E-state index contributed by atoms with van der Waals surface area (Å²) in [5, 5.41) is 0. The van der Waals surface area contributed by atoms with Gasteiger partial charge >= 0.3 is 0 Å². The van der Waals surface area contributed by atoms with Gasteiger partial charge in [-0.25, -0.2) is 0 Å². The van der Waals surface area contributed by atoms with Gasteiger partial charge in [-0.05, 0) is 218 Å². The van der Waals surface area contributed by atoms with Crippen LogP contribution in [0, 0.1) is 23.2 Å². The number of para-hydroxylation sites is 1. The van der Waals surface area contributed by atoms with E-state index in [1.54, 1.807) is 11.1 Å². The Kier molecular flexibility index (Phi) is 13.1. The van der Waals surface area contributed by atoms with Gasteiger partial charge in [0.25, 0.3) is 6.71 Å². The molecule has 0 amide bonds. The molecule has 7 aromatic rings. The van der Waals surface area contributed by atoms with Gasteiger partial charge in [-0.1, -0.05) is 254 Å². The lowest BCUT2D eigenvalue weighted by atomic mass is 9.33. The highest BCUT2D eigenvalue weighted by atomic mass is 15.2. The number of hydrogen-bond donors (Lipinski definition) is 0. The molecule has 6 unspecified atom stereocenters. The fourth-order valence-corrected chi connectivity index (χ4v) is 21.4. The van der Waals surface area contributed by atoms with Crippen LogP contribution in [0.5, 0.6) is 0 Å². The Hall–Kier alpha value is -9.64. The number of allylic oxidation sites excluding steroid dienone is 25. The van der Waals surface area contributed by atoms with Crippen molar-refractivity contribution in [2.24, 2.45) is 23.2 Å². The van der Waals surface area contributed by atoms with E-state index >= 15 is 0 Å². The first-order valence-corrected chi connectivity index (χ1v) is 36.1. The molecule has 1 saturated carbocycles. The van der Waals surface area contributed by atoms with Gasteiger partial charge in [-0.3, -0.25) is 0 Å². The van der Waals surface area contributed by atoms with Gasteiger partial charge in [0, 0.05) is 68.0 Å². The minimum Gasteiger partial charge on any atom is -0.314 e. The molecule has 3 nitrogen and oxygen atoms in total. The topological polar surface area (TPSA) is 9.72 Å². The van der Waals surface area contributed by atoms with Crippen molar-refractivity contribution in [2.75, 3.05) is 14.7 Å². The van der Waals surface area contributed by atoms with Gasteiger partial charge in [0.1, 0.15) is 0 Å². The van der Waals surface area contributed by atoms with E-state index in [0.717, 1.165) is 67.7 Å². The summed E-state index contributed by atoms with van der Waals surface area (Å²) in [4.78, 5) is 8.24. The summed E-state index contributed by atoms with van der Waals surface area (Å²) in [6.45, 7) is 17.0. The number of rotatable bonds is 9. The highest BCUT2D eigenvalue weighted by Crippen LogP contribution is 2.69. The fourth-order valence-electron chi connectivity index (χ4n) is 21.4. The van der Waals surface area contributed by atoms with Crippen LogP contribution in [0.2, 0.25) is 0 Å². The van der Waals surface area contributed by atoms with E-state index in [1.807, 2.05) is 0 Å². The molecule has 468 valence electrons. The summed E-state index contributed by atoms with van der Waals surface area (Å²) in [5.74, 6) is 1.27. The molecule has 0 saturated heterocycles. The van der Waals surface area contributed by atoms with Crippen molar-refractivity contribution in [3.63, 3.8) is 0 Å². The molecule has 19 rings (SSSR count). The number of anilines is 6. The molecule has 10 aliphatic carbocycles. The molecule has 12 aliphatic rings. The maximum absolute atomic E-state index is 4.89. The van der Waals surface area contributed by atoms with Crippen LogP contribution in [0.15, 0.2) is 295 Å². The fraction of sp³-hybridized carbons (Fsp3) is 0.239. The first kappa shape index (κ1) is 57.8. The van der Waals surface area contributed by atoms with Crippen LogP contribution in [-0.2, 0) is 10.8 Å². The first-order chi connectivity index (χ1) is 47.3. The second kappa shape index (κ2) is 21.7. The molecule has 7 aromatic carbocycles. The minimum atomic E-state index is -0.459. The van der Waals surface area contributed by atoms with Gasteiger partial charge in [-0.2, -0.15) is 0 Å². The molecule has 1 fully saturated rings. The van der Waals surface area contributed by atoms with E-state index in [1.165, 1.54) is 142 Å². The summed E-state index contributed by atoms with van der Waals surface area (Å²) in [5.41, 5.74) is 37.3. The third-order valence-electron chi connectivity index (χ3n) is 25.0. The first-order valence-electron chi connectivity index (χ1n) is 36.1. The number of fused-ring (bicyclic) bond motifs is 22. The number of unbranched alkanes of at least 4 members (excludes halogenated alkanes) is 1. The van der Waals surface area contributed by atoms with Crippen molar-refractivity contribution in [3.8, 4) is 11.1 Å². The number of hydrogen-bond acceptors (Lipinski definition) is 3. The second-order valence-corrected chi connectivity index (χ2v) is 29.5. The Morgan fingerprint density at radius 3 is 2.17 bits per heavy atom. The summed E-state index contributed by atoms with van der Waals surface area (Å²) in [7, 11) is 0. The predicted molar refractivity (Wildman–Crippen MR) is 405 cm³/mol. The molecule has 0 radical (unpaired) electrons. The van der Waals surface area contributed by atoms with Crippen LogP contribution < -0.4 is 31.1 Å². The van der Waals surface area contributed by atoms with Crippen LogP contribution in [0.4, 0.5) is 34.1 Å². The van der Waals surface area contributed by atoms with E-state index in [4.69, 9.17) is 6.58 Å². The zero-order valence-corrected chi connectivity index (χ0v) is 56.2. The van der Waals surface area contributed by atoms with E-state index in [9.17, 15) is 0 Å². The van der Waals surface area contributed by atoms with Gasteiger partial charge in [0.15, 0.2) is 0 Å². The maximum Gasteiger partial charge on any atom is 0.252 e. The summed E-state index contributed by atoms with van der Waals surface area (Å²) in [6.07, 6.45) is 53.3. The molecule has 0 N–H and O–H groups in total. The maximum atomic E-state index is 4.89. The normalized spacial score (nSPS) is 25.6. The van der Waals surface area contributed by atoms with Crippen molar-refractivity contribution in [1.29, 1.82) is 0 Å². The van der Waals surface area contributed by atoms with Crippen molar-refractivity contribution in [2.45, 2.75) is 116 Å². The van der Waals surface area contributed by atoms with Crippen LogP contribution in [0.25, 0.3) is 22.3 Å². The van der Waals surface area contributed by atoms with Crippen molar-refractivity contribution in [1.82, 2.24) is 0 Å². The molecular formula is C92H82BN3. The van der Waals surface area contributed by atoms with Gasteiger partial charge in [0.2, 0.25) is 0 Å². The number of nitrogens with zero attached hydrogens (tertiary/aromatic N) is 3. The second-order valence-electron chi connectivity index (χ2n) is 29.5. The molecule has 6 atom stereocenters. The van der Waals surface area contributed by atoms with Crippen LogP contribution >= 0.6 is 0 Å². The Bertz CT molecular complexity index is 5030. The van der Waals surface area contributed by atoms with Crippen LogP contribution in [0.1, 0.15) is 149 Å². The highest BCUT2D eigenvalue weighted by molar-refractivity contribution is 7.00. The largest absolute Gasteiger partial charge is 0.314 e. The molecule has 0 bridgehead atoms. The Balaban J connectivity index is 0.975. The smallest absolute Gasteiger partial charge is 0.252 e. The van der Waals surface area contributed by atoms with Gasteiger partial charge in [-0.15, -0.1) is 0 Å².